The molecule has 0 spiro atoms. The molecule has 0 saturated heterocycles. The molecule has 1 aromatic heterocycles. The summed E-state index contributed by atoms with van der Waals surface area (Å²) in [5.74, 6) is -0.722. The Hall–Kier alpha value is -3.07. The maximum atomic E-state index is 14.0. The van der Waals surface area contributed by atoms with Gasteiger partial charge in [-0.3, -0.25) is 0 Å². The zero-order chi connectivity index (χ0) is 19.7. The smallest absolute Gasteiger partial charge is 0.252 e. The number of hydrogen-bond acceptors (Lipinski definition) is 3. The van der Waals surface area contributed by atoms with Gasteiger partial charge in [-0.25, -0.2) is 23.4 Å². The van der Waals surface area contributed by atoms with Crippen molar-refractivity contribution >= 4 is 33.9 Å². The van der Waals surface area contributed by atoms with Crippen LogP contribution in [0.5, 0.6) is 5.75 Å². The SMILES string of the molecule is NC=NC(=Nc1ccc(F)cc1F)n1cc2c(n1)-c1ccc(Br)cc1OCC2. The summed E-state index contributed by atoms with van der Waals surface area (Å²) in [6, 6.07) is 8.79. The van der Waals surface area contributed by atoms with Gasteiger partial charge in [0.05, 0.1) is 18.6 Å². The highest BCUT2D eigenvalue weighted by Gasteiger charge is 2.21. The van der Waals surface area contributed by atoms with Crippen molar-refractivity contribution in [2.24, 2.45) is 15.7 Å². The van der Waals surface area contributed by atoms with Crippen LogP contribution in [-0.2, 0) is 6.42 Å². The average molecular weight is 446 g/mol. The Labute approximate surface area is 167 Å². The standard InChI is InChI=1S/C19H14BrF2N5O/c20-12-1-3-14-17(7-12)28-6-5-11-9-27(26-18(11)14)19(24-10-23)25-16-4-2-13(21)8-15(16)22/h1-4,7-10H,5-6H2,(H2,23,24,25). The first-order chi connectivity index (χ1) is 13.5. The number of aromatic nitrogens is 2. The number of halogens is 3. The largest absolute Gasteiger partial charge is 0.492 e. The Morgan fingerprint density at radius 1 is 1.25 bits per heavy atom. The van der Waals surface area contributed by atoms with Crippen molar-refractivity contribution in [1.29, 1.82) is 0 Å². The van der Waals surface area contributed by atoms with E-state index in [0.29, 0.717) is 18.8 Å². The molecule has 0 radical (unpaired) electrons. The van der Waals surface area contributed by atoms with Gasteiger partial charge in [0.1, 0.15) is 17.3 Å². The number of ether oxygens (including phenoxy) is 1. The average Bonchev–Trinajstić information content (AvgIpc) is 3.00. The minimum atomic E-state index is -0.804. The molecule has 0 unspecified atom stereocenters. The Bertz CT molecular complexity index is 1110. The van der Waals surface area contributed by atoms with Gasteiger partial charge < -0.3 is 10.5 Å². The monoisotopic (exact) mass is 445 g/mol. The molecule has 0 saturated carbocycles. The number of aliphatic imine (C=N–C) groups is 2. The highest BCUT2D eigenvalue weighted by Crippen LogP contribution is 2.36. The van der Waals surface area contributed by atoms with E-state index < -0.39 is 11.6 Å². The molecular formula is C19H14BrF2N5O. The van der Waals surface area contributed by atoms with E-state index in [1.807, 2.05) is 18.2 Å². The summed E-state index contributed by atoms with van der Waals surface area (Å²) in [4.78, 5) is 8.15. The number of benzene rings is 2. The highest BCUT2D eigenvalue weighted by atomic mass is 79.9. The third-order valence-electron chi connectivity index (χ3n) is 4.14. The lowest BCUT2D eigenvalue weighted by Crippen LogP contribution is -2.12. The molecule has 6 nitrogen and oxygen atoms in total. The highest BCUT2D eigenvalue weighted by molar-refractivity contribution is 9.10. The van der Waals surface area contributed by atoms with Gasteiger partial charge in [0.25, 0.3) is 5.96 Å². The van der Waals surface area contributed by atoms with Crippen LogP contribution < -0.4 is 10.5 Å². The predicted molar refractivity (Wildman–Crippen MR) is 106 cm³/mol. The Balaban J connectivity index is 1.82. The van der Waals surface area contributed by atoms with Crippen molar-refractivity contribution in [2.75, 3.05) is 6.61 Å². The number of nitrogens with zero attached hydrogens (tertiary/aromatic N) is 4. The fraction of sp³-hybridized carbons (Fsp3) is 0.105. The van der Waals surface area contributed by atoms with E-state index in [1.165, 1.54) is 10.7 Å². The predicted octanol–water partition coefficient (Wildman–Crippen LogP) is 4.05. The molecule has 2 heterocycles. The normalized spacial score (nSPS) is 13.8. The number of nitrogens with two attached hydrogens (primary N) is 1. The van der Waals surface area contributed by atoms with E-state index in [-0.39, 0.29) is 11.6 Å². The molecule has 0 aliphatic carbocycles. The van der Waals surface area contributed by atoms with Crippen LogP contribution in [0, 0.1) is 11.6 Å². The maximum Gasteiger partial charge on any atom is 0.252 e. The van der Waals surface area contributed by atoms with E-state index in [0.717, 1.165) is 39.8 Å². The summed E-state index contributed by atoms with van der Waals surface area (Å²) >= 11 is 3.43. The number of hydrogen-bond donors (Lipinski definition) is 1. The summed E-state index contributed by atoms with van der Waals surface area (Å²) in [7, 11) is 0. The van der Waals surface area contributed by atoms with Crippen molar-refractivity contribution in [3.8, 4) is 17.0 Å². The van der Waals surface area contributed by atoms with Crippen LogP contribution in [0.3, 0.4) is 0 Å². The molecule has 2 N–H and O–H groups in total. The van der Waals surface area contributed by atoms with Gasteiger partial charge in [0, 0.05) is 34.3 Å². The first kappa shape index (κ1) is 18.3. The first-order valence-corrected chi connectivity index (χ1v) is 9.14. The zero-order valence-electron chi connectivity index (χ0n) is 14.4. The van der Waals surface area contributed by atoms with Crippen LogP contribution in [0.25, 0.3) is 11.3 Å². The van der Waals surface area contributed by atoms with Crippen LogP contribution >= 0.6 is 15.9 Å². The first-order valence-electron chi connectivity index (χ1n) is 8.35. The van der Waals surface area contributed by atoms with Gasteiger partial charge in [-0.2, -0.15) is 5.10 Å². The maximum absolute atomic E-state index is 14.0. The van der Waals surface area contributed by atoms with E-state index in [4.69, 9.17) is 10.5 Å². The van der Waals surface area contributed by atoms with Crippen LogP contribution in [0.2, 0.25) is 0 Å². The lowest BCUT2D eigenvalue weighted by atomic mass is 10.1. The molecule has 3 aromatic rings. The second kappa shape index (κ2) is 7.51. The summed E-state index contributed by atoms with van der Waals surface area (Å²) < 4.78 is 35.3. The van der Waals surface area contributed by atoms with Crippen molar-refractivity contribution in [2.45, 2.75) is 6.42 Å². The van der Waals surface area contributed by atoms with Gasteiger partial charge >= 0.3 is 0 Å². The topological polar surface area (TPSA) is 77.8 Å². The molecule has 142 valence electrons. The number of rotatable bonds is 1. The van der Waals surface area contributed by atoms with Crippen LogP contribution in [-0.4, -0.2) is 28.7 Å². The van der Waals surface area contributed by atoms with Crippen molar-refractivity contribution < 1.29 is 13.5 Å². The zero-order valence-corrected chi connectivity index (χ0v) is 16.0. The Kier molecular flexibility index (Phi) is 4.91. The molecule has 28 heavy (non-hydrogen) atoms. The Morgan fingerprint density at radius 2 is 2.11 bits per heavy atom. The number of fused-ring (bicyclic) bond motifs is 3. The molecule has 0 fully saturated rings. The van der Waals surface area contributed by atoms with Gasteiger partial charge in [-0.1, -0.05) is 15.9 Å². The summed E-state index contributed by atoms with van der Waals surface area (Å²) in [5.41, 5.74) is 7.85. The molecule has 4 rings (SSSR count). The summed E-state index contributed by atoms with van der Waals surface area (Å²) in [6.07, 6.45) is 3.43. The molecule has 0 amide bonds. The van der Waals surface area contributed by atoms with E-state index in [9.17, 15) is 8.78 Å². The van der Waals surface area contributed by atoms with Crippen molar-refractivity contribution in [3.63, 3.8) is 0 Å². The lowest BCUT2D eigenvalue weighted by Gasteiger charge is -2.07. The van der Waals surface area contributed by atoms with E-state index >= 15 is 0 Å². The van der Waals surface area contributed by atoms with E-state index in [1.54, 1.807) is 6.20 Å². The third kappa shape index (κ3) is 3.53. The lowest BCUT2D eigenvalue weighted by molar-refractivity contribution is 0.326. The van der Waals surface area contributed by atoms with Gasteiger partial charge in [0.2, 0.25) is 0 Å². The third-order valence-corrected chi connectivity index (χ3v) is 4.64. The fourth-order valence-corrected chi connectivity index (χ4v) is 3.23. The molecule has 0 atom stereocenters. The van der Waals surface area contributed by atoms with Crippen LogP contribution in [0.4, 0.5) is 14.5 Å². The fourth-order valence-electron chi connectivity index (χ4n) is 2.89. The van der Waals surface area contributed by atoms with Gasteiger partial charge in [0.15, 0.2) is 5.82 Å². The minimum Gasteiger partial charge on any atom is -0.492 e. The van der Waals surface area contributed by atoms with Gasteiger partial charge in [-0.15, -0.1) is 0 Å². The molecule has 2 aromatic carbocycles. The molecule has 1 aliphatic heterocycles. The minimum absolute atomic E-state index is 0.0562. The molecular weight excluding hydrogens is 432 g/mol. The van der Waals surface area contributed by atoms with Crippen molar-refractivity contribution in [1.82, 2.24) is 9.78 Å². The summed E-state index contributed by atoms with van der Waals surface area (Å²) in [5, 5.41) is 4.57. The quantitative estimate of drug-likeness (QED) is 0.453. The van der Waals surface area contributed by atoms with Crippen LogP contribution in [0.1, 0.15) is 5.56 Å². The summed E-state index contributed by atoms with van der Waals surface area (Å²) in [6.45, 7) is 0.487. The Morgan fingerprint density at radius 3 is 2.89 bits per heavy atom. The van der Waals surface area contributed by atoms with E-state index in [2.05, 4.69) is 31.0 Å². The molecule has 1 aliphatic rings. The molecule has 0 bridgehead atoms. The van der Waals surface area contributed by atoms with Gasteiger partial charge in [-0.05, 0) is 30.3 Å². The van der Waals surface area contributed by atoms with Crippen molar-refractivity contribution in [3.05, 3.63) is 64.3 Å². The second-order valence-corrected chi connectivity index (χ2v) is 6.89. The van der Waals surface area contributed by atoms with Crippen LogP contribution in [0.15, 0.2) is 57.1 Å². The second-order valence-electron chi connectivity index (χ2n) is 5.97. The molecule has 9 heteroatoms.